The van der Waals surface area contributed by atoms with Crippen molar-refractivity contribution in [3.63, 3.8) is 0 Å². The van der Waals surface area contributed by atoms with E-state index in [0.29, 0.717) is 10.2 Å². The summed E-state index contributed by atoms with van der Waals surface area (Å²) in [5.41, 5.74) is -0.527. The summed E-state index contributed by atoms with van der Waals surface area (Å²) in [6, 6.07) is 4.38. The number of esters is 1. The average Bonchev–Trinajstić information content (AvgIpc) is 2.24. The predicted octanol–water partition coefficient (Wildman–Crippen LogP) is 3.45. The molecule has 0 N–H and O–H groups in total. The molecule has 0 spiro atoms. The molecule has 1 fully saturated rings. The van der Waals surface area contributed by atoms with Gasteiger partial charge in [0.1, 0.15) is 17.2 Å². The summed E-state index contributed by atoms with van der Waals surface area (Å²) >= 11 is 3.21. The van der Waals surface area contributed by atoms with E-state index in [1.807, 2.05) is 0 Å². The molecule has 1 aromatic carbocycles. The van der Waals surface area contributed by atoms with Crippen LogP contribution in [0.1, 0.15) is 25.7 Å². The average molecular weight is 317 g/mol. The first-order valence-electron chi connectivity index (χ1n) is 5.75. The maximum Gasteiger partial charge on any atom is 0.309 e. The van der Waals surface area contributed by atoms with E-state index in [1.54, 1.807) is 6.07 Å². The maximum absolute atomic E-state index is 13.3. The molecule has 1 aromatic rings. The Labute approximate surface area is 113 Å². The Balaban J connectivity index is 2.12. The van der Waals surface area contributed by atoms with Crippen LogP contribution in [0.15, 0.2) is 22.7 Å². The first-order chi connectivity index (χ1) is 8.53. The molecule has 2 rings (SSSR count). The highest BCUT2D eigenvalue weighted by Gasteiger charge is 2.42. The number of carbonyl (C=O) groups excluding carboxylic acids is 1. The summed E-state index contributed by atoms with van der Waals surface area (Å²) in [6.45, 7) is 0. The number of methoxy groups -OCH3 is 1. The Morgan fingerprint density at radius 1 is 1.44 bits per heavy atom. The third-order valence-electron chi connectivity index (χ3n) is 3.13. The van der Waals surface area contributed by atoms with Crippen LogP contribution in [0.2, 0.25) is 0 Å². The van der Waals surface area contributed by atoms with Gasteiger partial charge in [-0.15, -0.1) is 0 Å². The molecular weight excluding hydrogens is 303 g/mol. The minimum Gasteiger partial charge on any atom is -0.487 e. The summed E-state index contributed by atoms with van der Waals surface area (Å²) in [7, 11) is 1.35. The standard InChI is InChI=1S/C13H14BrFO3/c1-17-12(16)8-13(3-2-4-13)18-11-6-9(14)5-10(15)7-11/h5-7H,2-4,8H2,1H3. The molecule has 5 heteroatoms. The van der Waals surface area contributed by atoms with Gasteiger partial charge in [-0.2, -0.15) is 0 Å². The van der Waals surface area contributed by atoms with E-state index in [4.69, 9.17) is 4.74 Å². The summed E-state index contributed by atoms with van der Waals surface area (Å²) in [5, 5.41) is 0. The Morgan fingerprint density at radius 3 is 2.67 bits per heavy atom. The molecule has 0 bridgehead atoms. The van der Waals surface area contributed by atoms with Gasteiger partial charge < -0.3 is 9.47 Å². The molecule has 0 amide bonds. The van der Waals surface area contributed by atoms with Gasteiger partial charge in [0, 0.05) is 10.5 Å². The van der Waals surface area contributed by atoms with Crippen LogP contribution in [0.3, 0.4) is 0 Å². The smallest absolute Gasteiger partial charge is 0.309 e. The first kappa shape index (κ1) is 13.3. The van der Waals surface area contributed by atoms with E-state index in [0.717, 1.165) is 19.3 Å². The van der Waals surface area contributed by atoms with Crippen molar-refractivity contribution in [2.75, 3.05) is 7.11 Å². The molecule has 0 aliphatic heterocycles. The number of hydrogen-bond donors (Lipinski definition) is 0. The van der Waals surface area contributed by atoms with E-state index in [9.17, 15) is 9.18 Å². The molecular formula is C13H14BrFO3. The lowest BCUT2D eigenvalue weighted by molar-refractivity contribution is -0.148. The minimum atomic E-state index is -0.527. The summed E-state index contributed by atoms with van der Waals surface area (Å²) in [5.74, 6) is -0.234. The maximum atomic E-state index is 13.3. The van der Waals surface area contributed by atoms with Gasteiger partial charge in [0.2, 0.25) is 0 Å². The number of ether oxygens (including phenoxy) is 2. The number of rotatable bonds is 4. The fourth-order valence-electron chi connectivity index (χ4n) is 2.06. The highest BCUT2D eigenvalue weighted by atomic mass is 79.9. The fourth-order valence-corrected chi connectivity index (χ4v) is 2.50. The summed E-state index contributed by atoms with van der Waals surface area (Å²) in [4.78, 5) is 11.4. The van der Waals surface area contributed by atoms with Crippen LogP contribution < -0.4 is 4.74 Å². The van der Waals surface area contributed by atoms with Crippen LogP contribution in [0.25, 0.3) is 0 Å². The van der Waals surface area contributed by atoms with E-state index < -0.39 is 5.60 Å². The number of halogens is 2. The van der Waals surface area contributed by atoms with Crippen molar-refractivity contribution in [1.29, 1.82) is 0 Å². The van der Waals surface area contributed by atoms with Gasteiger partial charge in [-0.25, -0.2) is 4.39 Å². The number of hydrogen-bond acceptors (Lipinski definition) is 3. The third-order valence-corrected chi connectivity index (χ3v) is 3.59. The molecule has 0 atom stereocenters. The normalized spacial score (nSPS) is 16.8. The number of benzene rings is 1. The molecule has 1 saturated carbocycles. The van der Waals surface area contributed by atoms with Gasteiger partial charge in [-0.05, 0) is 31.4 Å². The van der Waals surface area contributed by atoms with E-state index in [1.165, 1.54) is 19.2 Å². The minimum absolute atomic E-state index is 0.206. The van der Waals surface area contributed by atoms with Gasteiger partial charge in [-0.3, -0.25) is 4.79 Å². The molecule has 18 heavy (non-hydrogen) atoms. The van der Waals surface area contributed by atoms with Gasteiger partial charge >= 0.3 is 5.97 Å². The van der Waals surface area contributed by atoms with Gasteiger partial charge in [0.15, 0.2) is 0 Å². The Kier molecular flexibility index (Phi) is 3.90. The second-order valence-electron chi connectivity index (χ2n) is 4.50. The zero-order chi connectivity index (χ0) is 13.2. The highest BCUT2D eigenvalue weighted by Crippen LogP contribution is 2.40. The Bertz CT molecular complexity index is 437. The third kappa shape index (κ3) is 3.02. The number of carbonyl (C=O) groups is 1. The molecule has 98 valence electrons. The van der Waals surface area contributed by atoms with Crippen molar-refractivity contribution in [3.8, 4) is 5.75 Å². The van der Waals surface area contributed by atoms with Crippen molar-refractivity contribution in [3.05, 3.63) is 28.5 Å². The quantitative estimate of drug-likeness (QED) is 0.798. The highest BCUT2D eigenvalue weighted by molar-refractivity contribution is 9.10. The second-order valence-corrected chi connectivity index (χ2v) is 5.41. The van der Waals surface area contributed by atoms with Crippen LogP contribution in [-0.2, 0) is 9.53 Å². The van der Waals surface area contributed by atoms with E-state index in [2.05, 4.69) is 20.7 Å². The van der Waals surface area contributed by atoms with Crippen LogP contribution in [0, 0.1) is 5.82 Å². The summed E-state index contributed by atoms with van der Waals surface area (Å²) < 4.78 is 24.3. The molecule has 0 aromatic heterocycles. The van der Waals surface area contributed by atoms with Crippen LogP contribution in [0.4, 0.5) is 4.39 Å². The SMILES string of the molecule is COC(=O)CC1(Oc2cc(F)cc(Br)c2)CCC1. The van der Waals surface area contributed by atoms with Crippen LogP contribution in [-0.4, -0.2) is 18.7 Å². The molecule has 0 radical (unpaired) electrons. The molecule has 0 unspecified atom stereocenters. The Morgan fingerprint density at radius 2 is 2.17 bits per heavy atom. The lowest BCUT2D eigenvalue weighted by Gasteiger charge is -2.41. The molecule has 1 aliphatic carbocycles. The molecule has 1 aliphatic rings. The monoisotopic (exact) mass is 316 g/mol. The topological polar surface area (TPSA) is 35.5 Å². The van der Waals surface area contributed by atoms with Gasteiger partial charge in [-0.1, -0.05) is 15.9 Å². The first-order valence-corrected chi connectivity index (χ1v) is 6.54. The fraction of sp³-hybridized carbons (Fsp3) is 0.462. The van der Waals surface area contributed by atoms with Gasteiger partial charge in [0.25, 0.3) is 0 Å². The van der Waals surface area contributed by atoms with Crippen molar-refractivity contribution >= 4 is 21.9 Å². The van der Waals surface area contributed by atoms with Gasteiger partial charge in [0.05, 0.1) is 13.5 Å². The second kappa shape index (κ2) is 5.26. The van der Waals surface area contributed by atoms with Crippen molar-refractivity contribution in [2.45, 2.75) is 31.3 Å². The predicted molar refractivity (Wildman–Crippen MR) is 67.9 cm³/mol. The lowest BCUT2D eigenvalue weighted by Crippen LogP contribution is -2.45. The molecule has 0 saturated heterocycles. The Hall–Kier alpha value is -1.10. The zero-order valence-corrected chi connectivity index (χ0v) is 11.6. The van der Waals surface area contributed by atoms with Crippen LogP contribution in [0.5, 0.6) is 5.75 Å². The van der Waals surface area contributed by atoms with E-state index in [-0.39, 0.29) is 18.2 Å². The lowest BCUT2D eigenvalue weighted by atomic mass is 9.77. The van der Waals surface area contributed by atoms with E-state index >= 15 is 0 Å². The van der Waals surface area contributed by atoms with Crippen LogP contribution >= 0.6 is 15.9 Å². The molecule has 3 nitrogen and oxygen atoms in total. The van der Waals surface area contributed by atoms with Crippen molar-refractivity contribution in [1.82, 2.24) is 0 Å². The largest absolute Gasteiger partial charge is 0.487 e. The molecule has 0 heterocycles. The van der Waals surface area contributed by atoms with Crippen molar-refractivity contribution in [2.24, 2.45) is 0 Å². The zero-order valence-electron chi connectivity index (χ0n) is 10.0. The van der Waals surface area contributed by atoms with Crippen molar-refractivity contribution < 1.29 is 18.7 Å². The summed E-state index contributed by atoms with van der Waals surface area (Å²) in [6.07, 6.45) is 2.79.